The smallest absolute Gasteiger partial charge is 0.243 e. The lowest BCUT2D eigenvalue weighted by Crippen LogP contribution is -2.32. The maximum absolute atomic E-state index is 12.3. The minimum atomic E-state index is -3.43. The Labute approximate surface area is 121 Å². The molecule has 1 fully saturated rings. The van der Waals surface area contributed by atoms with Gasteiger partial charge < -0.3 is 5.32 Å². The van der Waals surface area contributed by atoms with Crippen molar-refractivity contribution in [2.75, 3.05) is 13.6 Å². The van der Waals surface area contributed by atoms with E-state index in [1.165, 1.54) is 6.20 Å². The summed E-state index contributed by atoms with van der Waals surface area (Å²) in [5.74, 6) is 0.604. The molecule has 0 spiro atoms. The Balaban J connectivity index is 1.95. The van der Waals surface area contributed by atoms with Gasteiger partial charge in [0.05, 0.1) is 6.20 Å². The highest BCUT2D eigenvalue weighted by molar-refractivity contribution is 7.89. The van der Waals surface area contributed by atoms with Gasteiger partial charge in [-0.05, 0) is 45.2 Å². The monoisotopic (exact) mass is 300 g/mol. The van der Waals surface area contributed by atoms with Crippen molar-refractivity contribution in [3.8, 4) is 0 Å². The SMILES string of the molecule is CNCCCn1cc(S(=O)(=O)NC2CCC(C)C2)cn1. The molecule has 114 valence electrons. The van der Waals surface area contributed by atoms with Gasteiger partial charge in [-0.2, -0.15) is 5.10 Å². The summed E-state index contributed by atoms with van der Waals surface area (Å²) in [6.45, 7) is 3.77. The van der Waals surface area contributed by atoms with Crippen molar-refractivity contribution < 1.29 is 8.42 Å². The molecule has 1 aromatic heterocycles. The van der Waals surface area contributed by atoms with Crippen LogP contribution in [0.15, 0.2) is 17.3 Å². The Morgan fingerprint density at radius 2 is 2.25 bits per heavy atom. The first-order valence-electron chi connectivity index (χ1n) is 7.20. The average Bonchev–Trinajstić information content (AvgIpc) is 2.99. The van der Waals surface area contributed by atoms with Crippen LogP contribution in [0.5, 0.6) is 0 Å². The Hall–Kier alpha value is -0.920. The highest BCUT2D eigenvalue weighted by Crippen LogP contribution is 2.25. The van der Waals surface area contributed by atoms with Crippen LogP contribution >= 0.6 is 0 Å². The Bertz CT molecular complexity index is 526. The molecule has 1 aromatic rings. The van der Waals surface area contributed by atoms with E-state index in [1.807, 2.05) is 7.05 Å². The van der Waals surface area contributed by atoms with Crippen molar-refractivity contribution in [3.63, 3.8) is 0 Å². The van der Waals surface area contributed by atoms with Crippen LogP contribution in [0.25, 0.3) is 0 Å². The van der Waals surface area contributed by atoms with E-state index in [0.29, 0.717) is 5.92 Å². The summed E-state index contributed by atoms with van der Waals surface area (Å²) >= 11 is 0. The number of nitrogens with one attached hydrogen (secondary N) is 2. The first-order chi connectivity index (χ1) is 9.51. The summed E-state index contributed by atoms with van der Waals surface area (Å²) in [4.78, 5) is 0.265. The number of aromatic nitrogens is 2. The first kappa shape index (κ1) is 15.5. The fourth-order valence-electron chi connectivity index (χ4n) is 2.63. The zero-order valence-electron chi connectivity index (χ0n) is 12.2. The van der Waals surface area contributed by atoms with Crippen LogP contribution in [-0.2, 0) is 16.6 Å². The predicted molar refractivity (Wildman–Crippen MR) is 77.9 cm³/mol. The number of sulfonamides is 1. The second-order valence-corrected chi connectivity index (χ2v) is 7.35. The normalized spacial score (nSPS) is 23.3. The van der Waals surface area contributed by atoms with E-state index in [9.17, 15) is 8.42 Å². The van der Waals surface area contributed by atoms with Gasteiger partial charge in [0.15, 0.2) is 0 Å². The number of hydrogen-bond acceptors (Lipinski definition) is 4. The third-order valence-corrected chi connectivity index (χ3v) is 5.23. The summed E-state index contributed by atoms with van der Waals surface area (Å²) < 4.78 is 29.0. The summed E-state index contributed by atoms with van der Waals surface area (Å²) in [6.07, 6.45) is 6.91. The molecule has 20 heavy (non-hydrogen) atoms. The van der Waals surface area contributed by atoms with E-state index in [-0.39, 0.29) is 10.9 Å². The van der Waals surface area contributed by atoms with Crippen molar-refractivity contribution in [1.82, 2.24) is 19.8 Å². The third kappa shape index (κ3) is 4.04. The molecule has 6 nitrogen and oxygen atoms in total. The molecule has 1 aliphatic carbocycles. The second kappa shape index (κ2) is 6.69. The van der Waals surface area contributed by atoms with Crippen molar-refractivity contribution in [3.05, 3.63) is 12.4 Å². The van der Waals surface area contributed by atoms with Crippen molar-refractivity contribution in [2.45, 2.75) is 50.1 Å². The first-order valence-corrected chi connectivity index (χ1v) is 8.69. The summed E-state index contributed by atoms with van der Waals surface area (Å²) in [6, 6.07) is 0.0719. The fourth-order valence-corrected chi connectivity index (χ4v) is 3.86. The van der Waals surface area contributed by atoms with Gasteiger partial charge in [0.25, 0.3) is 0 Å². The Morgan fingerprint density at radius 1 is 1.45 bits per heavy atom. The van der Waals surface area contributed by atoms with Crippen LogP contribution in [0, 0.1) is 5.92 Å². The van der Waals surface area contributed by atoms with Gasteiger partial charge in [0.2, 0.25) is 10.0 Å². The topological polar surface area (TPSA) is 76.0 Å². The maximum Gasteiger partial charge on any atom is 0.243 e. The molecule has 0 aromatic carbocycles. The van der Waals surface area contributed by atoms with Gasteiger partial charge in [-0.1, -0.05) is 6.92 Å². The van der Waals surface area contributed by atoms with Gasteiger partial charge in [0, 0.05) is 18.8 Å². The zero-order chi connectivity index (χ0) is 14.6. The fraction of sp³-hybridized carbons (Fsp3) is 0.769. The lowest BCUT2D eigenvalue weighted by Gasteiger charge is -2.11. The molecule has 0 amide bonds. The van der Waals surface area contributed by atoms with Crippen LogP contribution in [0.1, 0.15) is 32.6 Å². The second-order valence-electron chi connectivity index (χ2n) is 5.63. The molecule has 0 saturated heterocycles. The molecule has 0 aliphatic heterocycles. The van der Waals surface area contributed by atoms with Crippen molar-refractivity contribution in [1.29, 1.82) is 0 Å². The van der Waals surface area contributed by atoms with Crippen LogP contribution in [0.3, 0.4) is 0 Å². The van der Waals surface area contributed by atoms with Crippen LogP contribution in [-0.4, -0.2) is 37.8 Å². The Morgan fingerprint density at radius 3 is 2.90 bits per heavy atom. The molecule has 0 radical (unpaired) electrons. The molecule has 1 saturated carbocycles. The summed E-state index contributed by atoms with van der Waals surface area (Å²) in [5, 5.41) is 7.17. The van der Waals surface area contributed by atoms with E-state index < -0.39 is 10.0 Å². The molecule has 2 unspecified atom stereocenters. The number of hydrogen-bond donors (Lipinski definition) is 2. The van der Waals surface area contributed by atoms with Crippen LogP contribution < -0.4 is 10.0 Å². The lowest BCUT2D eigenvalue weighted by atomic mass is 10.1. The zero-order valence-corrected chi connectivity index (χ0v) is 13.0. The average molecular weight is 300 g/mol. The largest absolute Gasteiger partial charge is 0.320 e. The molecule has 2 N–H and O–H groups in total. The molecule has 1 heterocycles. The van der Waals surface area contributed by atoms with E-state index in [1.54, 1.807) is 10.9 Å². The van der Waals surface area contributed by atoms with E-state index >= 15 is 0 Å². The number of nitrogens with zero attached hydrogens (tertiary/aromatic N) is 2. The van der Waals surface area contributed by atoms with E-state index in [0.717, 1.165) is 38.8 Å². The van der Waals surface area contributed by atoms with Gasteiger partial charge >= 0.3 is 0 Å². The minimum absolute atomic E-state index is 0.0719. The highest BCUT2D eigenvalue weighted by Gasteiger charge is 2.27. The molecule has 2 atom stereocenters. The van der Waals surface area contributed by atoms with Crippen molar-refractivity contribution in [2.24, 2.45) is 5.92 Å². The molecule has 7 heteroatoms. The maximum atomic E-state index is 12.3. The number of rotatable bonds is 7. The number of aryl methyl sites for hydroxylation is 1. The van der Waals surface area contributed by atoms with Gasteiger partial charge in [-0.25, -0.2) is 13.1 Å². The van der Waals surface area contributed by atoms with Crippen LogP contribution in [0.4, 0.5) is 0 Å². The highest BCUT2D eigenvalue weighted by atomic mass is 32.2. The molecule has 2 rings (SSSR count). The Kier molecular flexibility index (Phi) is 5.17. The standard InChI is InChI=1S/C13H24N4O2S/c1-11-4-5-12(8-11)16-20(18,19)13-9-15-17(10-13)7-3-6-14-2/h9-12,14,16H,3-8H2,1-2H3. The minimum Gasteiger partial charge on any atom is -0.320 e. The molecule has 0 bridgehead atoms. The van der Waals surface area contributed by atoms with Gasteiger partial charge in [-0.15, -0.1) is 0 Å². The van der Waals surface area contributed by atoms with E-state index in [2.05, 4.69) is 22.1 Å². The molecular weight excluding hydrogens is 276 g/mol. The lowest BCUT2D eigenvalue weighted by molar-refractivity contribution is 0.537. The quantitative estimate of drug-likeness (QED) is 0.735. The summed E-state index contributed by atoms with van der Waals surface area (Å²) in [5.41, 5.74) is 0. The van der Waals surface area contributed by atoms with Gasteiger partial charge in [0.1, 0.15) is 4.90 Å². The third-order valence-electron chi connectivity index (χ3n) is 3.75. The predicted octanol–water partition coefficient (Wildman–Crippen LogP) is 0.960. The van der Waals surface area contributed by atoms with Gasteiger partial charge in [-0.3, -0.25) is 4.68 Å². The van der Waals surface area contributed by atoms with E-state index in [4.69, 9.17) is 0 Å². The molecular formula is C13H24N4O2S. The van der Waals surface area contributed by atoms with Crippen LogP contribution in [0.2, 0.25) is 0 Å². The van der Waals surface area contributed by atoms with Crippen molar-refractivity contribution >= 4 is 10.0 Å². The molecule has 1 aliphatic rings. The summed E-state index contributed by atoms with van der Waals surface area (Å²) in [7, 11) is -1.53.